The van der Waals surface area contributed by atoms with Gasteiger partial charge in [-0.05, 0) is 30.4 Å². The van der Waals surface area contributed by atoms with Crippen molar-refractivity contribution in [2.24, 2.45) is 5.41 Å². The van der Waals surface area contributed by atoms with Crippen molar-refractivity contribution in [3.8, 4) is 0 Å². The molecule has 1 fully saturated rings. The predicted octanol–water partition coefficient (Wildman–Crippen LogP) is 3.43. The summed E-state index contributed by atoms with van der Waals surface area (Å²) >= 11 is 0. The number of hydrogen-bond acceptors (Lipinski definition) is 1. The van der Waals surface area contributed by atoms with Crippen LogP contribution in [0.4, 0.5) is 0 Å². The zero-order valence-electron chi connectivity index (χ0n) is 11.6. The van der Waals surface area contributed by atoms with Gasteiger partial charge in [0.25, 0.3) is 5.91 Å². The van der Waals surface area contributed by atoms with E-state index in [9.17, 15) is 4.79 Å². The maximum absolute atomic E-state index is 12.7. The van der Waals surface area contributed by atoms with Crippen molar-refractivity contribution >= 4 is 16.8 Å². The zero-order chi connectivity index (χ0) is 13.5. The first-order valence-electron chi connectivity index (χ1n) is 6.92. The summed E-state index contributed by atoms with van der Waals surface area (Å²) in [5, 5.41) is 1.10. The van der Waals surface area contributed by atoms with Crippen LogP contribution in [0.15, 0.2) is 30.5 Å². The average molecular weight is 256 g/mol. The van der Waals surface area contributed by atoms with Gasteiger partial charge in [0, 0.05) is 24.7 Å². The van der Waals surface area contributed by atoms with Crippen LogP contribution >= 0.6 is 0 Å². The molecule has 1 saturated heterocycles. The second kappa shape index (κ2) is 4.41. The van der Waals surface area contributed by atoms with Crippen LogP contribution in [-0.4, -0.2) is 28.9 Å². The Balaban J connectivity index is 1.93. The number of carbonyl (C=O) groups is 1. The highest BCUT2D eigenvalue weighted by molar-refractivity contribution is 6.05. The summed E-state index contributed by atoms with van der Waals surface area (Å²) in [6.45, 7) is 6.20. The number of fused-ring (bicyclic) bond motifs is 1. The molecule has 0 radical (unpaired) electrons. The number of carbonyl (C=O) groups excluding carboxylic acids is 1. The number of aromatic nitrogens is 1. The second-order valence-electron chi connectivity index (χ2n) is 6.24. The molecule has 1 aromatic carbocycles. The molecule has 19 heavy (non-hydrogen) atoms. The fraction of sp³-hybridized carbons (Fsp3) is 0.438. The van der Waals surface area contributed by atoms with Gasteiger partial charge in [0.05, 0.1) is 11.1 Å². The molecule has 1 N–H and O–H groups in total. The molecule has 3 nitrogen and oxygen atoms in total. The Kier molecular flexibility index (Phi) is 2.85. The maximum Gasteiger partial charge on any atom is 0.256 e. The highest BCUT2D eigenvalue weighted by atomic mass is 16.2. The van der Waals surface area contributed by atoms with Gasteiger partial charge in [-0.2, -0.15) is 0 Å². The molecule has 0 saturated carbocycles. The van der Waals surface area contributed by atoms with Gasteiger partial charge < -0.3 is 9.88 Å². The molecule has 0 atom stereocenters. The summed E-state index contributed by atoms with van der Waals surface area (Å²) < 4.78 is 0. The highest BCUT2D eigenvalue weighted by Gasteiger charge is 2.30. The molecule has 0 spiro atoms. The molecule has 2 heterocycles. The van der Waals surface area contributed by atoms with Gasteiger partial charge in [0.1, 0.15) is 0 Å². The van der Waals surface area contributed by atoms with Gasteiger partial charge in [-0.15, -0.1) is 0 Å². The molecule has 0 bridgehead atoms. The van der Waals surface area contributed by atoms with E-state index < -0.39 is 0 Å². The van der Waals surface area contributed by atoms with Crippen LogP contribution in [-0.2, 0) is 0 Å². The van der Waals surface area contributed by atoms with Crippen LogP contribution in [0.5, 0.6) is 0 Å². The summed E-state index contributed by atoms with van der Waals surface area (Å²) in [6.07, 6.45) is 4.19. The van der Waals surface area contributed by atoms with E-state index in [-0.39, 0.29) is 11.3 Å². The smallest absolute Gasteiger partial charge is 0.256 e. The lowest BCUT2D eigenvalue weighted by Gasteiger charge is -2.38. The van der Waals surface area contributed by atoms with Gasteiger partial charge in [-0.25, -0.2) is 0 Å². The largest absolute Gasteiger partial charge is 0.361 e. The molecule has 1 aliphatic heterocycles. The number of aromatic amines is 1. The summed E-state index contributed by atoms with van der Waals surface area (Å²) in [7, 11) is 0. The van der Waals surface area contributed by atoms with Gasteiger partial charge >= 0.3 is 0 Å². The summed E-state index contributed by atoms with van der Waals surface area (Å²) in [5.74, 6) is 0.154. The molecular formula is C16H20N2O. The lowest BCUT2D eigenvalue weighted by Crippen LogP contribution is -2.43. The summed E-state index contributed by atoms with van der Waals surface area (Å²) in [6, 6.07) is 7.91. The number of para-hydroxylation sites is 1. The fourth-order valence-electron chi connectivity index (χ4n) is 3.03. The molecule has 100 valence electrons. The molecular weight excluding hydrogens is 236 g/mol. The van der Waals surface area contributed by atoms with Crippen molar-refractivity contribution < 1.29 is 4.79 Å². The Morgan fingerprint density at radius 2 is 2.16 bits per heavy atom. The number of rotatable bonds is 1. The summed E-state index contributed by atoms with van der Waals surface area (Å²) in [4.78, 5) is 17.9. The molecule has 3 rings (SSSR count). The number of hydrogen-bond donors (Lipinski definition) is 1. The molecule has 3 heteroatoms. The quantitative estimate of drug-likeness (QED) is 0.833. The molecule has 1 amide bonds. The van der Waals surface area contributed by atoms with Crippen LogP contribution in [0.3, 0.4) is 0 Å². The number of piperidine rings is 1. The zero-order valence-corrected chi connectivity index (χ0v) is 11.6. The van der Waals surface area contributed by atoms with Crippen molar-refractivity contribution in [1.82, 2.24) is 9.88 Å². The second-order valence-corrected chi connectivity index (χ2v) is 6.24. The maximum atomic E-state index is 12.7. The minimum atomic E-state index is 0.154. The lowest BCUT2D eigenvalue weighted by atomic mass is 9.84. The van der Waals surface area contributed by atoms with E-state index in [1.165, 1.54) is 6.42 Å². The number of nitrogens with zero attached hydrogens (tertiary/aromatic N) is 1. The highest BCUT2D eigenvalue weighted by Crippen LogP contribution is 2.30. The Labute approximate surface area is 113 Å². The van der Waals surface area contributed by atoms with Crippen LogP contribution in [0.2, 0.25) is 0 Å². The van der Waals surface area contributed by atoms with Crippen LogP contribution in [0, 0.1) is 5.41 Å². The minimum Gasteiger partial charge on any atom is -0.361 e. The third-order valence-corrected chi connectivity index (χ3v) is 4.01. The fourth-order valence-corrected chi connectivity index (χ4v) is 3.03. The Morgan fingerprint density at radius 1 is 1.32 bits per heavy atom. The molecule has 0 aliphatic carbocycles. The number of nitrogens with one attached hydrogen (secondary N) is 1. The Hall–Kier alpha value is -1.77. The van der Waals surface area contributed by atoms with Gasteiger partial charge in [0.2, 0.25) is 0 Å². The Morgan fingerprint density at radius 3 is 2.95 bits per heavy atom. The Bertz CT molecular complexity index is 612. The van der Waals surface area contributed by atoms with E-state index in [0.717, 1.165) is 36.0 Å². The lowest BCUT2D eigenvalue weighted by molar-refractivity contribution is 0.0585. The first-order chi connectivity index (χ1) is 9.07. The monoisotopic (exact) mass is 256 g/mol. The number of amides is 1. The number of H-pyrrole nitrogens is 1. The van der Waals surface area contributed by atoms with Crippen LogP contribution in [0.25, 0.3) is 10.9 Å². The van der Waals surface area contributed by atoms with E-state index in [0.29, 0.717) is 0 Å². The van der Waals surface area contributed by atoms with Crippen molar-refractivity contribution in [2.75, 3.05) is 13.1 Å². The van der Waals surface area contributed by atoms with Crippen LogP contribution < -0.4 is 0 Å². The normalized spacial score (nSPS) is 18.7. The van der Waals surface area contributed by atoms with Crippen molar-refractivity contribution in [1.29, 1.82) is 0 Å². The van der Waals surface area contributed by atoms with Gasteiger partial charge in [-0.1, -0.05) is 26.0 Å². The number of likely N-dealkylation sites (tertiary alicyclic amines) is 1. The third-order valence-electron chi connectivity index (χ3n) is 4.01. The van der Waals surface area contributed by atoms with E-state index in [4.69, 9.17) is 0 Å². The first kappa shape index (κ1) is 12.3. The van der Waals surface area contributed by atoms with E-state index >= 15 is 0 Å². The third kappa shape index (κ3) is 2.25. The van der Waals surface area contributed by atoms with E-state index in [1.807, 2.05) is 35.4 Å². The molecule has 1 aliphatic rings. The first-order valence-corrected chi connectivity index (χ1v) is 6.92. The van der Waals surface area contributed by atoms with Gasteiger partial charge in [-0.3, -0.25) is 4.79 Å². The average Bonchev–Trinajstić information content (AvgIpc) is 2.84. The molecule has 1 aromatic heterocycles. The number of benzene rings is 1. The van der Waals surface area contributed by atoms with Crippen molar-refractivity contribution in [3.05, 3.63) is 36.0 Å². The van der Waals surface area contributed by atoms with Crippen molar-refractivity contribution in [3.63, 3.8) is 0 Å². The van der Waals surface area contributed by atoms with Gasteiger partial charge in [0.15, 0.2) is 0 Å². The van der Waals surface area contributed by atoms with Crippen molar-refractivity contribution in [2.45, 2.75) is 26.7 Å². The standard InChI is InChI=1S/C16H20N2O/c1-16(2)8-4-10-18(11-16)15(19)13-6-3-5-12-7-9-17-14(12)13/h3,5-7,9,17H,4,8,10-11H2,1-2H3. The molecule has 0 unspecified atom stereocenters. The minimum absolute atomic E-state index is 0.154. The topological polar surface area (TPSA) is 36.1 Å². The van der Waals surface area contributed by atoms with E-state index in [2.05, 4.69) is 18.8 Å². The molecule has 2 aromatic rings. The predicted molar refractivity (Wildman–Crippen MR) is 77.2 cm³/mol. The van der Waals surface area contributed by atoms with E-state index in [1.54, 1.807) is 0 Å². The summed E-state index contributed by atoms with van der Waals surface area (Å²) in [5.41, 5.74) is 1.98. The van der Waals surface area contributed by atoms with Crippen LogP contribution in [0.1, 0.15) is 37.0 Å². The SMILES string of the molecule is CC1(C)CCCN(C(=O)c2cccc3cc[nH]c23)C1.